The number of carbonyl (C=O) groups excluding carboxylic acids is 1. The molecule has 2 unspecified atom stereocenters. The number of amides is 1. The number of piperidine rings is 1. The monoisotopic (exact) mass is 384 g/mol. The Morgan fingerprint density at radius 3 is 2.82 bits per heavy atom. The second-order valence-electron chi connectivity index (χ2n) is 7.05. The lowest BCUT2D eigenvalue weighted by molar-refractivity contribution is -0.114. The molecular formula is C20H28N6O2. The number of anilines is 1. The third-order valence-corrected chi connectivity index (χ3v) is 4.98. The molecule has 0 spiro atoms. The quantitative estimate of drug-likeness (QED) is 0.417. The van der Waals surface area contributed by atoms with Crippen molar-refractivity contribution < 1.29 is 9.90 Å². The standard InChI is InChI=1S/C20H28N6O2/c1-3-22-20(23-12-19(28)24-16-4-6-17(27)7-5-16)25-10-8-15(2)18(13-25)26-11-9-21-14-26/h4-7,9,11,14-15,18,27H,3,8,10,12-13H2,1-2H3,(H,22,23)(H,24,28). The minimum Gasteiger partial charge on any atom is -0.508 e. The molecule has 1 amide bonds. The van der Waals surface area contributed by atoms with Crippen molar-refractivity contribution >= 4 is 17.6 Å². The average Bonchev–Trinajstić information content (AvgIpc) is 3.22. The molecule has 28 heavy (non-hydrogen) atoms. The summed E-state index contributed by atoms with van der Waals surface area (Å²) in [5.74, 6) is 1.27. The molecule has 1 aromatic heterocycles. The maximum absolute atomic E-state index is 12.3. The van der Waals surface area contributed by atoms with Crippen molar-refractivity contribution in [1.29, 1.82) is 0 Å². The molecule has 0 saturated carbocycles. The molecule has 8 heteroatoms. The Labute approximate surface area is 165 Å². The Balaban J connectivity index is 1.64. The Bertz CT molecular complexity index is 788. The molecule has 3 N–H and O–H groups in total. The molecule has 1 aliphatic heterocycles. The van der Waals surface area contributed by atoms with Crippen molar-refractivity contribution in [2.45, 2.75) is 26.3 Å². The SMILES string of the molecule is CCNC(=NCC(=O)Nc1ccc(O)cc1)N1CCC(C)C(n2ccnc2)C1. The van der Waals surface area contributed by atoms with Crippen LogP contribution < -0.4 is 10.6 Å². The molecular weight excluding hydrogens is 356 g/mol. The smallest absolute Gasteiger partial charge is 0.246 e. The largest absolute Gasteiger partial charge is 0.508 e. The number of carbonyl (C=O) groups is 1. The highest BCUT2D eigenvalue weighted by Crippen LogP contribution is 2.27. The summed E-state index contributed by atoms with van der Waals surface area (Å²) in [6, 6.07) is 6.71. The molecule has 2 aromatic rings. The highest BCUT2D eigenvalue weighted by molar-refractivity contribution is 5.94. The van der Waals surface area contributed by atoms with E-state index in [1.165, 1.54) is 12.1 Å². The van der Waals surface area contributed by atoms with E-state index in [0.29, 0.717) is 17.6 Å². The minimum atomic E-state index is -0.197. The predicted molar refractivity (Wildman–Crippen MR) is 109 cm³/mol. The molecule has 0 aliphatic carbocycles. The summed E-state index contributed by atoms with van der Waals surface area (Å²) in [4.78, 5) is 23.2. The van der Waals surface area contributed by atoms with Crippen LogP contribution in [0.2, 0.25) is 0 Å². The van der Waals surface area contributed by atoms with E-state index in [1.807, 2.05) is 19.4 Å². The molecule has 150 valence electrons. The fourth-order valence-electron chi connectivity index (χ4n) is 3.41. The third-order valence-electron chi connectivity index (χ3n) is 4.98. The molecule has 0 radical (unpaired) electrons. The van der Waals surface area contributed by atoms with Gasteiger partial charge in [-0.25, -0.2) is 9.98 Å². The Morgan fingerprint density at radius 1 is 1.36 bits per heavy atom. The van der Waals surface area contributed by atoms with Crippen LogP contribution in [0.15, 0.2) is 48.0 Å². The lowest BCUT2D eigenvalue weighted by Gasteiger charge is -2.39. The van der Waals surface area contributed by atoms with Gasteiger partial charge in [0.1, 0.15) is 12.3 Å². The molecule has 2 atom stereocenters. The number of hydrogen-bond donors (Lipinski definition) is 3. The first kappa shape index (κ1) is 19.7. The first-order chi connectivity index (χ1) is 13.6. The summed E-state index contributed by atoms with van der Waals surface area (Å²) in [5, 5.41) is 15.4. The number of aliphatic imine (C=N–C) groups is 1. The van der Waals surface area contributed by atoms with Gasteiger partial charge in [-0.1, -0.05) is 6.92 Å². The van der Waals surface area contributed by atoms with Crippen LogP contribution in [-0.4, -0.2) is 57.6 Å². The number of rotatable bonds is 5. The number of nitrogens with zero attached hydrogens (tertiary/aromatic N) is 4. The van der Waals surface area contributed by atoms with Gasteiger partial charge < -0.3 is 25.2 Å². The van der Waals surface area contributed by atoms with Gasteiger partial charge in [0.2, 0.25) is 5.91 Å². The van der Waals surface area contributed by atoms with E-state index >= 15 is 0 Å². The third kappa shape index (κ3) is 5.03. The first-order valence-corrected chi connectivity index (χ1v) is 9.66. The second-order valence-corrected chi connectivity index (χ2v) is 7.05. The molecule has 2 heterocycles. The van der Waals surface area contributed by atoms with Gasteiger partial charge in [-0.3, -0.25) is 4.79 Å². The number of phenolic OH excluding ortho intramolecular Hbond substituents is 1. The Morgan fingerprint density at radius 2 is 2.14 bits per heavy atom. The van der Waals surface area contributed by atoms with E-state index in [4.69, 9.17) is 0 Å². The van der Waals surface area contributed by atoms with Crippen LogP contribution in [0.3, 0.4) is 0 Å². The highest BCUT2D eigenvalue weighted by atomic mass is 16.3. The number of nitrogens with one attached hydrogen (secondary N) is 2. The molecule has 3 rings (SSSR count). The first-order valence-electron chi connectivity index (χ1n) is 9.66. The summed E-state index contributed by atoms with van der Waals surface area (Å²) < 4.78 is 2.15. The normalized spacial score (nSPS) is 20.1. The number of aromatic hydroxyl groups is 1. The molecule has 1 saturated heterocycles. The van der Waals surface area contributed by atoms with Crippen LogP contribution >= 0.6 is 0 Å². The minimum absolute atomic E-state index is 0.0327. The van der Waals surface area contributed by atoms with Crippen LogP contribution in [0.5, 0.6) is 5.75 Å². The number of likely N-dealkylation sites (tertiary alicyclic amines) is 1. The van der Waals surface area contributed by atoms with Gasteiger partial charge in [0.05, 0.1) is 12.4 Å². The van der Waals surface area contributed by atoms with Crippen LogP contribution in [-0.2, 0) is 4.79 Å². The van der Waals surface area contributed by atoms with Crippen molar-refractivity contribution in [3.8, 4) is 5.75 Å². The number of guanidine groups is 1. The summed E-state index contributed by atoms with van der Waals surface area (Å²) in [6.07, 6.45) is 6.71. The Hall–Kier alpha value is -3.03. The highest BCUT2D eigenvalue weighted by Gasteiger charge is 2.28. The van der Waals surface area contributed by atoms with Gasteiger partial charge in [-0.15, -0.1) is 0 Å². The topological polar surface area (TPSA) is 94.8 Å². The van der Waals surface area contributed by atoms with Gasteiger partial charge in [0.25, 0.3) is 0 Å². The van der Waals surface area contributed by atoms with Crippen molar-refractivity contribution in [1.82, 2.24) is 19.8 Å². The van der Waals surface area contributed by atoms with Gasteiger partial charge in [-0.05, 0) is 43.5 Å². The maximum atomic E-state index is 12.3. The number of benzene rings is 1. The number of aromatic nitrogens is 2. The lowest BCUT2D eigenvalue weighted by Crippen LogP contribution is -2.49. The van der Waals surface area contributed by atoms with Gasteiger partial charge in [0.15, 0.2) is 5.96 Å². The fraction of sp³-hybridized carbons (Fsp3) is 0.450. The number of phenols is 1. The second kappa shape index (κ2) is 9.25. The predicted octanol–water partition coefficient (Wildman–Crippen LogP) is 2.08. The lowest BCUT2D eigenvalue weighted by atomic mass is 9.93. The zero-order valence-corrected chi connectivity index (χ0v) is 16.4. The van der Waals surface area contributed by atoms with Crippen molar-refractivity contribution in [2.75, 3.05) is 31.5 Å². The molecule has 8 nitrogen and oxygen atoms in total. The Kier molecular flexibility index (Phi) is 6.52. The van der Waals surface area contributed by atoms with Crippen molar-refractivity contribution in [2.24, 2.45) is 10.9 Å². The van der Waals surface area contributed by atoms with Crippen LogP contribution in [0.4, 0.5) is 5.69 Å². The molecule has 1 aliphatic rings. The van der Waals surface area contributed by atoms with E-state index < -0.39 is 0 Å². The molecule has 0 bridgehead atoms. The number of hydrogen-bond acceptors (Lipinski definition) is 4. The summed E-state index contributed by atoms with van der Waals surface area (Å²) >= 11 is 0. The van der Waals surface area contributed by atoms with Crippen LogP contribution in [0, 0.1) is 5.92 Å². The number of imidazole rings is 1. The van der Waals surface area contributed by atoms with E-state index in [2.05, 4.69) is 37.0 Å². The zero-order chi connectivity index (χ0) is 19.9. The molecule has 1 aromatic carbocycles. The van der Waals surface area contributed by atoms with E-state index in [-0.39, 0.29) is 18.2 Å². The maximum Gasteiger partial charge on any atom is 0.246 e. The summed E-state index contributed by atoms with van der Waals surface area (Å²) in [7, 11) is 0. The van der Waals surface area contributed by atoms with Crippen LogP contribution in [0.25, 0.3) is 0 Å². The summed E-state index contributed by atoms with van der Waals surface area (Å²) in [6.45, 7) is 6.77. The zero-order valence-electron chi connectivity index (χ0n) is 16.4. The molecule has 1 fully saturated rings. The average molecular weight is 384 g/mol. The van der Waals surface area contributed by atoms with E-state index in [9.17, 15) is 9.90 Å². The van der Waals surface area contributed by atoms with Crippen LogP contribution in [0.1, 0.15) is 26.3 Å². The van der Waals surface area contributed by atoms with Gasteiger partial charge in [-0.2, -0.15) is 0 Å². The van der Waals surface area contributed by atoms with E-state index in [1.54, 1.807) is 18.3 Å². The van der Waals surface area contributed by atoms with Crippen molar-refractivity contribution in [3.05, 3.63) is 43.0 Å². The van der Waals surface area contributed by atoms with Gasteiger partial charge >= 0.3 is 0 Å². The summed E-state index contributed by atoms with van der Waals surface area (Å²) in [5.41, 5.74) is 0.634. The fourth-order valence-corrected chi connectivity index (χ4v) is 3.41. The van der Waals surface area contributed by atoms with E-state index in [0.717, 1.165) is 32.0 Å². The van der Waals surface area contributed by atoms with Gasteiger partial charge in [0, 0.05) is 37.7 Å². The van der Waals surface area contributed by atoms with Crippen molar-refractivity contribution in [3.63, 3.8) is 0 Å².